The number of amides is 1. The molecule has 5 heteroatoms. The van der Waals surface area contributed by atoms with Crippen LogP contribution in [0.2, 0.25) is 0 Å². The van der Waals surface area contributed by atoms with Gasteiger partial charge in [0, 0.05) is 34.5 Å². The fraction of sp³-hybridized carbons (Fsp3) is 0.417. The van der Waals surface area contributed by atoms with Crippen LogP contribution in [-0.2, 0) is 15.6 Å². The van der Waals surface area contributed by atoms with Crippen molar-refractivity contribution < 1.29 is 9.00 Å². The Bertz CT molecular complexity index is 381. The molecule has 4 nitrogen and oxygen atoms in total. The first-order chi connectivity index (χ1) is 8.08. The molecule has 0 aliphatic rings. The minimum absolute atomic E-state index is 0.0716. The molecule has 0 aromatic heterocycles. The van der Waals surface area contributed by atoms with Crippen molar-refractivity contribution in [2.75, 3.05) is 23.9 Å². The maximum absolute atomic E-state index is 11.6. The minimum atomic E-state index is -0.843. The van der Waals surface area contributed by atoms with E-state index in [0.717, 1.165) is 5.69 Å². The van der Waals surface area contributed by atoms with Gasteiger partial charge in [-0.3, -0.25) is 9.00 Å². The quantitative estimate of drug-likeness (QED) is 0.795. The van der Waals surface area contributed by atoms with Crippen molar-refractivity contribution in [2.24, 2.45) is 0 Å². The molecule has 1 aromatic carbocycles. The predicted octanol–water partition coefficient (Wildman–Crippen LogP) is 0.982. The summed E-state index contributed by atoms with van der Waals surface area (Å²) in [7, 11) is -0.843. The van der Waals surface area contributed by atoms with E-state index in [-0.39, 0.29) is 18.5 Å². The van der Waals surface area contributed by atoms with E-state index in [1.54, 1.807) is 6.26 Å². The number of nitrogens with one attached hydrogen (secondary N) is 2. The molecule has 2 atom stereocenters. The van der Waals surface area contributed by atoms with Crippen molar-refractivity contribution in [3.05, 3.63) is 30.3 Å². The molecule has 0 spiro atoms. The average Bonchev–Trinajstić information content (AvgIpc) is 2.27. The Morgan fingerprint density at radius 2 is 2.00 bits per heavy atom. The Morgan fingerprint density at radius 1 is 1.35 bits per heavy atom. The summed E-state index contributed by atoms with van der Waals surface area (Å²) in [5, 5.41) is 5.80. The van der Waals surface area contributed by atoms with Gasteiger partial charge in [-0.05, 0) is 19.1 Å². The number of anilines is 1. The summed E-state index contributed by atoms with van der Waals surface area (Å²) < 4.78 is 11.0. The third kappa shape index (κ3) is 6.19. The van der Waals surface area contributed by atoms with E-state index < -0.39 is 10.8 Å². The van der Waals surface area contributed by atoms with Gasteiger partial charge >= 0.3 is 0 Å². The Balaban J connectivity index is 2.28. The van der Waals surface area contributed by atoms with Crippen LogP contribution in [0, 0.1) is 0 Å². The zero-order valence-electron chi connectivity index (χ0n) is 10.1. The lowest BCUT2D eigenvalue weighted by atomic mass is 10.3. The Hall–Kier alpha value is -1.20. The Kier molecular flexibility index (Phi) is 5.86. The van der Waals surface area contributed by atoms with Crippen LogP contribution < -0.4 is 10.6 Å². The van der Waals surface area contributed by atoms with E-state index in [1.165, 1.54) is 0 Å². The SMILES string of the molecule is CC(CS(C)=O)NCC(=O)Nc1ccccc1. The van der Waals surface area contributed by atoms with Crippen LogP contribution in [0.4, 0.5) is 5.69 Å². The van der Waals surface area contributed by atoms with Crippen LogP contribution in [0.5, 0.6) is 0 Å². The van der Waals surface area contributed by atoms with Crippen molar-refractivity contribution in [3.8, 4) is 0 Å². The summed E-state index contributed by atoms with van der Waals surface area (Å²) in [5.74, 6) is 0.462. The molecule has 0 bridgehead atoms. The van der Waals surface area contributed by atoms with Crippen molar-refractivity contribution in [2.45, 2.75) is 13.0 Å². The van der Waals surface area contributed by atoms with Gasteiger partial charge in [0.2, 0.25) is 5.91 Å². The molecule has 0 aliphatic heterocycles. The van der Waals surface area contributed by atoms with E-state index in [1.807, 2.05) is 37.3 Å². The second-order valence-electron chi connectivity index (χ2n) is 3.94. The lowest BCUT2D eigenvalue weighted by Gasteiger charge is -2.12. The zero-order valence-corrected chi connectivity index (χ0v) is 10.9. The van der Waals surface area contributed by atoms with Crippen LogP contribution in [0.15, 0.2) is 30.3 Å². The van der Waals surface area contributed by atoms with Crippen molar-refractivity contribution in [1.82, 2.24) is 5.32 Å². The number of carbonyl (C=O) groups excluding carboxylic acids is 1. The van der Waals surface area contributed by atoms with Gasteiger partial charge in [0.25, 0.3) is 0 Å². The van der Waals surface area contributed by atoms with Gasteiger partial charge in [-0.25, -0.2) is 0 Å². The first-order valence-electron chi connectivity index (χ1n) is 5.46. The molecule has 2 N–H and O–H groups in total. The van der Waals surface area contributed by atoms with Crippen LogP contribution in [0.3, 0.4) is 0 Å². The van der Waals surface area contributed by atoms with Crippen LogP contribution in [0.25, 0.3) is 0 Å². The third-order valence-corrected chi connectivity index (χ3v) is 3.12. The predicted molar refractivity (Wildman–Crippen MR) is 71.5 cm³/mol. The maximum Gasteiger partial charge on any atom is 0.238 e. The number of benzene rings is 1. The van der Waals surface area contributed by atoms with E-state index >= 15 is 0 Å². The minimum Gasteiger partial charge on any atom is -0.325 e. The highest BCUT2D eigenvalue weighted by molar-refractivity contribution is 7.84. The van der Waals surface area contributed by atoms with Gasteiger partial charge in [0.1, 0.15) is 0 Å². The lowest BCUT2D eigenvalue weighted by Crippen LogP contribution is -2.37. The van der Waals surface area contributed by atoms with E-state index in [9.17, 15) is 9.00 Å². The average molecular weight is 254 g/mol. The summed E-state index contributed by atoms with van der Waals surface area (Å²) in [5.41, 5.74) is 0.783. The maximum atomic E-state index is 11.6. The Labute approximate surface area is 104 Å². The molecule has 0 saturated heterocycles. The standard InChI is InChI=1S/C12H18N2O2S/c1-10(9-17(2)16)13-8-12(15)14-11-6-4-3-5-7-11/h3-7,10,13H,8-9H2,1-2H3,(H,14,15). The summed E-state index contributed by atoms with van der Waals surface area (Å²) >= 11 is 0. The van der Waals surface area contributed by atoms with Gasteiger partial charge in [-0.15, -0.1) is 0 Å². The number of rotatable bonds is 6. The number of hydrogen-bond acceptors (Lipinski definition) is 3. The molecule has 0 heterocycles. The number of carbonyl (C=O) groups is 1. The van der Waals surface area contributed by atoms with Crippen LogP contribution in [0.1, 0.15) is 6.92 Å². The highest BCUT2D eigenvalue weighted by Crippen LogP contribution is 2.03. The molecular weight excluding hydrogens is 236 g/mol. The topological polar surface area (TPSA) is 58.2 Å². The molecule has 94 valence electrons. The summed E-state index contributed by atoms with van der Waals surface area (Å²) in [6.45, 7) is 2.14. The number of hydrogen-bond donors (Lipinski definition) is 2. The van der Waals surface area contributed by atoms with Crippen molar-refractivity contribution in [3.63, 3.8) is 0 Å². The molecule has 0 fully saturated rings. The molecule has 0 radical (unpaired) electrons. The summed E-state index contributed by atoms with van der Waals surface area (Å²) in [4.78, 5) is 11.6. The van der Waals surface area contributed by atoms with Gasteiger partial charge in [-0.2, -0.15) is 0 Å². The lowest BCUT2D eigenvalue weighted by molar-refractivity contribution is -0.115. The molecule has 1 rings (SSSR count). The zero-order chi connectivity index (χ0) is 12.7. The van der Waals surface area contributed by atoms with Crippen molar-refractivity contribution >= 4 is 22.4 Å². The van der Waals surface area contributed by atoms with Crippen molar-refractivity contribution in [1.29, 1.82) is 0 Å². The fourth-order valence-electron chi connectivity index (χ4n) is 1.40. The van der Waals surface area contributed by atoms with Gasteiger partial charge in [0.15, 0.2) is 0 Å². The second-order valence-corrected chi connectivity index (χ2v) is 5.42. The molecule has 0 saturated carbocycles. The van der Waals surface area contributed by atoms with Gasteiger partial charge in [0.05, 0.1) is 6.54 Å². The van der Waals surface area contributed by atoms with E-state index in [0.29, 0.717) is 5.75 Å². The number of para-hydroxylation sites is 1. The molecule has 1 amide bonds. The monoisotopic (exact) mass is 254 g/mol. The smallest absolute Gasteiger partial charge is 0.238 e. The van der Waals surface area contributed by atoms with Crippen LogP contribution >= 0.6 is 0 Å². The largest absolute Gasteiger partial charge is 0.325 e. The first kappa shape index (κ1) is 13.9. The second kappa shape index (κ2) is 7.19. The van der Waals surface area contributed by atoms with Gasteiger partial charge < -0.3 is 10.6 Å². The molecule has 0 aliphatic carbocycles. The van der Waals surface area contributed by atoms with E-state index in [2.05, 4.69) is 10.6 Å². The fourth-order valence-corrected chi connectivity index (χ4v) is 2.23. The first-order valence-corrected chi connectivity index (χ1v) is 7.19. The molecule has 1 aromatic rings. The molecule has 2 unspecified atom stereocenters. The summed E-state index contributed by atoms with van der Waals surface area (Å²) in [6, 6.07) is 9.37. The highest BCUT2D eigenvalue weighted by atomic mass is 32.2. The molecular formula is C12H18N2O2S. The summed E-state index contributed by atoms with van der Waals surface area (Å²) in [6.07, 6.45) is 1.65. The van der Waals surface area contributed by atoms with Gasteiger partial charge in [-0.1, -0.05) is 18.2 Å². The normalized spacial score (nSPS) is 14.0. The van der Waals surface area contributed by atoms with Crippen LogP contribution in [-0.4, -0.2) is 34.7 Å². The molecule has 17 heavy (non-hydrogen) atoms. The third-order valence-electron chi connectivity index (χ3n) is 2.15. The van der Waals surface area contributed by atoms with E-state index in [4.69, 9.17) is 0 Å². The highest BCUT2D eigenvalue weighted by Gasteiger charge is 2.06. The Morgan fingerprint density at radius 3 is 2.59 bits per heavy atom.